The molecule has 0 unspecified atom stereocenters. The van der Waals surface area contributed by atoms with Crippen molar-refractivity contribution in [2.45, 2.75) is 13.0 Å². The van der Waals surface area contributed by atoms with Crippen molar-refractivity contribution < 1.29 is 9.90 Å². The summed E-state index contributed by atoms with van der Waals surface area (Å²) in [6, 6.07) is 5.60. The predicted octanol–water partition coefficient (Wildman–Crippen LogP) is 1.68. The number of nitrogens with one attached hydrogen (secondary N) is 1. The lowest BCUT2D eigenvalue weighted by molar-refractivity contribution is -0.119. The number of aliphatic hydroxyl groups excluding tert-OH is 1. The third kappa shape index (κ3) is 3.71. The Morgan fingerprint density at radius 3 is 2.71 bits per heavy atom. The smallest absolute Gasteiger partial charge is 0.239 e. The summed E-state index contributed by atoms with van der Waals surface area (Å²) in [6.45, 7) is 2.01. The largest absolute Gasteiger partial charge is 0.389 e. The summed E-state index contributed by atoms with van der Waals surface area (Å²) in [5.74, 6) is -0.0426. The first-order valence-corrected chi connectivity index (χ1v) is 6.14. The van der Waals surface area contributed by atoms with Gasteiger partial charge in [0.15, 0.2) is 0 Å². The Hall–Kier alpha value is -1.07. The highest BCUT2D eigenvalue weighted by Crippen LogP contribution is 2.28. The number of nitrogens with zero attached hydrogens (tertiary/aromatic N) is 1. The predicted molar refractivity (Wildman–Crippen MR) is 72.1 cm³/mol. The molecule has 0 aliphatic carbocycles. The van der Waals surface area contributed by atoms with Crippen molar-refractivity contribution in [3.05, 3.63) is 28.2 Å². The van der Waals surface area contributed by atoms with Gasteiger partial charge in [0.1, 0.15) is 0 Å². The Labute approximate surface area is 110 Å². The zero-order valence-electron chi connectivity index (χ0n) is 10.2. The standard InChI is InChI=1S/C12H17BrN2O2/c1-8(16)9-4-5-11(10(13)6-9)15(3)7-12(17)14-2/h4-6,8,16H,7H2,1-3H3,(H,14,17)/t8-/m1/s1. The number of amides is 1. The second-order valence-corrected chi connectivity index (χ2v) is 4.77. The number of hydrogen-bond acceptors (Lipinski definition) is 3. The first-order chi connectivity index (χ1) is 7.95. The minimum absolute atomic E-state index is 0.0426. The van der Waals surface area contributed by atoms with Crippen molar-refractivity contribution in [2.24, 2.45) is 0 Å². The van der Waals surface area contributed by atoms with Crippen molar-refractivity contribution >= 4 is 27.5 Å². The Morgan fingerprint density at radius 1 is 1.59 bits per heavy atom. The van der Waals surface area contributed by atoms with Crippen LogP contribution in [0.1, 0.15) is 18.6 Å². The fourth-order valence-corrected chi connectivity index (χ4v) is 2.17. The normalized spacial score (nSPS) is 12.1. The minimum atomic E-state index is -0.496. The summed E-state index contributed by atoms with van der Waals surface area (Å²) >= 11 is 3.44. The zero-order valence-corrected chi connectivity index (χ0v) is 11.8. The van der Waals surface area contributed by atoms with E-state index in [-0.39, 0.29) is 5.91 Å². The lowest BCUT2D eigenvalue weighted by atomic mass is 10.1. The van der Waals surface area contributed by atoms with Crippen LogP contribution in [0.3, 0.4) is 0 Å². The quantitative estimate of drug-likeness (QED) is 0.890. The van der Waals surface area contributed by atoms with Gasteiger partial charge >= 0.3 is 0 Å². The second kappa shape index (κ2) is 6.02. The van der Waals surface area contributed by atoms with E-state index < -0.39 is 6.10 Å². The van der Waals surface area contributed by atoms with Gasteiger partial charge < -0.3 is 15.3 Å². The molecule has 1 aromatic carbocycles. The van der Waals surface area contributed by atoms with E-state index in [1.54, 1.807) is 14.0 Å². The van der Waals surface area contributed by atoms with Gasteiger partial charge in [0, 0.05) is 18.6 Å². The maximum atomic E-state index is 11.3. The average Bonchev–Trinajstić information content (AvgIpc) is 2.28. The number of carbonyl (C=O) groups is 1. The van der Waals surface area contributed by atoms with Crippen LogP contribution < -0.4 is 10.2 Å². The summed E-state index contributed by atoms with van der Waals surface area (Å²) < 4.78 is 0.863. The highest BCUT2D eigenvalue weighted by Gasteiger charge is 2.11. The lowest BCUT2D eigenvalue weighted by Crippen LogP contribution is -2.33. The molecule has 0 radical (unpaired) electrons. The first-order valence-electron chi connectivity index (χ1n) is 5.35. The summed E-state index contributed by atoms with van der Waals surface area (Å²) in [6.07, 6.45) is -0.496. The molecule has 0 saturated carbocycles. The summed E-state index contributed by atoms with van der Waals surface area (Å²) in [5, 5.41) is 12.0. The van der Waals surface area contributed by atoms with E-state index in [0.29, 0.717) is 6.54 Å². The van der Waals surface area contributed by atoms with E-state index in [0.717, 1.165) is 15.7 Å². The van der Waals surface area contributed by atoms with Crippen LogP contribution in [0.4, 0.5) is 5.69 Å². The van der Waals surface area contributed by atoms with E-state index >= 15 is 0 Å². The number of likely N-dealkylation sites (N-methyl/N-ethyl adjacent to an activating group) is 2. The number of halogens is 1. The van der Waals surface area contributed by atoms with Crippen molar-refractivity contribution in [1.29, 1.82) is 0 Å². The number of aliphatic hydroxyl groups is 1. The van der Waals surface area contributed by atoms with E-state index in [4.69, 9.17) is 0 Å². The first kappa shape index (κ1) is 14.0. The van der Waals surface area contributed by atoms with Crippen molar-refractivity contribution in [1.82, 2.24) is 5.32 Å². The van der Waals surface area contributed by atoms with Gasteiger partial charge in [0.25, 0.3) is 0 Å². The number of rotatable bonds is 4. The summed E-state index contributed by atoms with van der Waals surface area (Å²) in [5.41, 5.74) is 1.76. The van der Waals surface area contributed by atoms with Crippen molar-refractivity contribution in [3.63, 3.8) is 0 Å². The number of anilines is 1. The van der Waals surface area contributed by atoms with Crippen LogP contribution in [0.25, 0.3) is 0 Å². The van der Waals surface area contributed by atoms with Crippen LogP contribution in [0, 0.1) is 0 Å². The molecule has 2 N–H and O–H groups in total. The molecule has 0 aliphatic heterocycles. The monoisotopic (exact) mass is 300 g/mol. The molecule has 0 spiro atoms. The number of carbonyl (C=O) groups excluding carboxylic acids is 1. The van der Waals surface area contributed by atoms with E-state index in [9.17, 15) is 9.90 Å². The molecule has 0 fully saturated rings. The maximum absolute atomic E-state index is 11.3. The molecule has 17 heavy (non-hydrogen) atoms. The topological polar surface area (TPSA) is 52.6 Å². The molecule has 1 amide bonds. The molecule has 1 rings (SSSR count). The highest BCUT2D eigenvalue weighted by molar-refractivity contribution is 9.10. The molecule has 94 valence electrons. The van der Waals surface area contributed by atoms with E-state index in [1.807, 2.05) is 30.1 Å². The third-order valence-electron chi connectivity index (χ3n) is 2.53. The molecule has 5 heteroatoms. The van der Waals surface area contributed by atoms with Gasteiger partial charge in [-0.3, -0.25) is 4.79 Å². The molecule has 1 atom stereocenters. The van der Waals surface area contributed by atoms with Crippen molar-refractivity contribution in [3.8, 4) is 0 Å². The number of benzene rings is 1. The van der Waals surface area contributed by atoms with Crippen LogP contribution in [0.15, 0.2) is 22.7 Å². The fourth-order valence-electron chi connectivity index (χ4n) is 1.47. The minimum Gasteiger partial charge on any atom is -0.389 e. The molecule has 0 saturated heterocycles. The van der Waals surface area contributed by atoms with E-state index in [1.165, 1.54) is 0 Å². The Kier molecular flexibility index (Phi) is 4.96. The van der Waals surface area contributed by atoms with Gasteiger partial charge in [0.2, 0.25) is 5.91 Å². The second-order valence-electron chi connectivity index (χ2n) is 3.92. The van der Waals surface area contributed by atoms with Crippen LogP contribution >= 0.6 is 15.9 Å². The summed E-state index contributed by atoms with van der Waals surface area (Å²) in [7, 11) is 3.46. The van der Waals surface area contributed by atoms with Crippen LogP contribution in [-0.2, 0) is 4.79 Å². The summed E-state index contributed by atoms with van der Waals surface area (Å²) in [4.78, 5) is 13.1. The van der Waals surface area contributed by atoms with E-state index in [2.05, 4.69) is 21.2 Å². The third-order valence-corrected chi connectivity index (χ3v) is 3.16. The van der Waals surface area contributed by atoms with Gasteiger partial charge in [-0.1, -0.05) is 6.07 Å². The molecule has 0 heterocycles. The van der Waals surface area contributed by atoms with Gasteiger partial charge in [0.05, 0.1) is 18.3 Å². The number of hydrogen-bond donors (Lipinski definition) is 2. The molecule has 0 aromatic heterocycles. The molecule has 0 aliphatic rings. The molecular formula is C12H17BrN2O2. The fraction of sp³-hybridized carbons (Fsp3) is 0.417. The highest BCUT2D eigenvalue weighted by atomic mass is 79.9. The average molecular weight is 301 g/mol. The zero-order chi connectivity index (χ0) is 13.0. The Bertz CT molecular complexity index is 407. The van der Waals surface area contributed by atoms with Gasteiger partial charge in [-0.05, 0) is 40.5 Å². The van der Waals surface area contributed by atoms with Gasteiger partial charge in [-0.25, -0.2) is 0 Å². The van der Waals surface area contributed by atoms with Crippen LogP contribution in [0.5, 0.6) is 0 Å². The lowest BCUT2D eigenvalue weighted by Gasteiger charge is -2.20. The molecule has 0 bridgehead atoms. The SMILES string of the molecule is CNC(=O)CN(C)c1ccc([C@@H](C)O)cc1Br. The van der Waals surface area contributed by atoms with Gasteiger partial charge in [-0.2, -0.15) is 0 Å². The molecular weight excluding hydrogens is 284 g/mol. The Balaban J connectivity index is 2.88. The van der Waals surface area contributed by atoms with Gasteiger partial charge in [-0.15, -0.1) is 0 Å². The van der Waals surface area contributed by atoms with Crippen LogP contribution in [0.2, 0.25) is 0 Å². The maximum Gasteiger partial charge on any atom is 0.239 e. The van der Waals surface area contributed by atoms with Crippen molar-refractivity contribution in [2.75, 3.05) is 25.5 Å². The molecule has 1 aromatic rings. The Morgan fingerprint density at radius 2 is 2.24 bits per heavy atom. The molecule has 4 nitrogen and oxygen atoms in total. The van der Waals surface area contributed by atoms with Crippen LogP contribution in [-0.4, -0.2) is 31.7 Å².